The number of carbonyl (C=O) groups is 1. The van der Waals surface area contributed by atoms with Crippen molar-refractivity contribution >= 4 is 29.0 Å². The van der Waals surface area contributed by atoms with Crippen LogP contribution < -0.4 is 10.6 Å². The van der Waals surface area contributed by atoms with Crippen molar-refractivity contribution in [3.05, 3.63) is 47.3 Å². The quantitative estimate of drug-likeness (QED) is 0.608. The molecule has 25 heavy (non-hydrogen) atoms. The van der Waals surface area contributed by atoms with Gasteiger partial charge >= 0.3 is 5.97 Å². The van der Waals surface area contributed by atoms with Crippen LogP contribution in [0.4, 0.5) is 5.69 Å². The van der Waals surface area contributed by atoms with Crippen molar-refractivity contribution in [2.45, 2.75) is 40.3 Å². The van der Waals surface area contributed by atoms with Gasteiger partial charge in [-0.15, -0.1) is 0 Å². The molecule has 0 aliphatic rings. The first-order chi connectivity index (χ1) is 11.9. The average molecular weight is 360 g/mol. The molecule has 6 nitrogen and oxygen atoms in total. The molecular formula is C18H24N4O2S. The number of ether oxygens (including phenoxy) is 1. The molecule has 0 aliphatic carbocycles. The normalized spacial score (nSPS) is 11.7. The number of aromatic nitrogens is 2. The van der Waals surface area contributed by atoms with Crippen molar-refractivity contribution in [3.8, 4) is 0 Å². The smallest absolute Gasteiger partial charge is 0.338 e. The number of rotatable bonds is 6. The monoisotopic (exact) mass is 360 g/mol. The van der Waals surface area contributed by atoms with Crippen LogP contribution in [0.15, 0.2) is 30.5 Å². The second kappa shape index (κ2) is 8.62. The van der Waals surface area contributed by atoms with Crippen molar-refractivity contribution in [1.82, 2.24) is 15.1 Å². The molecule has 2 rings (SSSR count). The number of hydrogen-bond acceptors (Lipinski definition) is 4. The van der Waals surface area contributed by atoms with Crippen molar-refractivity contribution < 1.29 is 9.53 Å². The van der Waals surface area contributed by atoms with Gasteiger partial charge in [0.2, 0.25) is 0 Å². The Labute approximate surface area is 153 Å². The molecule has 0 amide bonds. The van der Waals surface area contributed by atoms with Crippen LogP contribution >= 0.6 is 12.2 Å². The van der Waals surface area contributed by atoms with Gasteiger partial charge in [-0.3, -0.25) is 4.68 Å². The predicted molar refractivity (Wildman–Crippen MR) is 103 cm³/mol. The lowest BCUT2D eigenvalue weighted by Crippen LogP contribution is -2.31. The van der Waals surface area contributed by atoms with Gasteiger partial charge in [-0.1, -0.05) is 0 Å². The van der Waals surface area contributed by atoms with E-state index in [0.717, 1.165) is 23.5 Å². The Balaban J connectivity index is 1.95. The molecule has 2 N–H and O–H groups in total. The minimum absolute atomic E-state index is 0.0408. The Morgan fingerprint density at radius 2 is 2.00 bits per heavy atom. The first-order valence-electron chi connectivity index (χ1n) is 8.33. The molecule has 7 heteroatoms. The van der Waals surface area contributed by atoms with Crippen LogP contribution in [0.25, 0.3) is 0 Å². The van der Waals surface area contributed by atoms with Crippen LogP contribution in [0.3, 0.4) is 0 Å². The van der Waals surface area contributed by atoms with E-state index in [0.29, 0.717) is 17.3 Å². The molecule has 0 radical (unpaired) electrons. The van der Waals surface area contributed by atoms with Gasteiger partial charge in [-0.25, -0.2) is 4.79 Å². The molecule has 134 valence electrons. The molecule has 1 heterocycles. The van der Waals surface area contributed by atoms with Gasteiger partial charge in [0, 0.05) is 24.0 Å². The summed E-state index contributed by atoms with van der Waals surface area (Å²) in [6.45, 7) is 9.07. The van der Waals surface area contributed by atoms with Gasteiger partial charge in [0.25, 0.3) is 0 Å². The summed E-state index contributed by atoms with van der Waals surface area (Å²) < 4.78 is 6.88. The number of aryl methyl sites for hydroxylation is 2. The Morgan fingerprint density at radius 3 is 2.56 bits per heavy atom. The van der Waals surface area contributed by atoms with Crippen LogP contribution in [-0.4, -0.2) is 27.5 Å². The summed E-state index contributed by atoms with van der Waals surface area (Å²) in [5.41, 5.74) is 3.42. The number of thiocarbonyl (C=S) groups is 1. The Morgan fingerprint density at radius 1 is 1.32 bits per heavy atom. The Kier molecular flexibility index (Phi) is 6.52. The fourth-order valence-corrected chi connectivity index (χ4v) is 2.76. The largest absolute Gasteiger partial charge is 0.462 e. The fourth-order valence-electron chi connectivity index (χ4n) is 2.47. The van der Waals surface area contributed by atoms with Gasteiger partial charge in [-0.05, 0) is 64.2 Å². The van der Waals surface area contributed by atoms with E-state index in [9.17, 15) is 4.79 Å². The van der Waals surface area contributed by atoms with E-state index in [1.807, 2.05) is 24.7 Å². The molecule has 1 atom stereocenters. The highest BCUT2D eigenvalue weighted by Gasteiger charge is 2.13. The summed E-state index contributed by atoms with van der Waals surface area (Å²) in [7, 11) is 0. The molecule has 2 aromatic rings. The zero-order valence-electron chi connectivity index (χ0n) is 15.0. The van der Waals surface area contributed by atoms with Gasteiger partial charge in [0.1, 0.15) is 0 Å². The number of benzene rings is 1. The number of nitrogens with zero attached hydrogens (tertiary/aromatic N) is 2. The summed E-state index contributed by atoms with van der Waals surface area (Å²) >= 11 is 5.38. The third kappa shape index (κ3) is 5.03. The molecule has 1 unspecified atom stereocenters. The Bertz CT molecular complexity index is 740. The topological polar surface area (TPSA) is 68.2 Å². The number of hydrogen-bond donors (Lipinski definition) is 2. The SMILES string of the molecule is CCOC(=O)c1ccc(NC(=S)NC(C)c2cn(CC)nc2C)cc1. The lowest BCUT2D eigenvalue weighted by Gasteiger charge is -2.16. The van der Waals surface area contributed by atoms with E-state index in [1.54, 1.807) is 31.2 Å². The van der Waals surface area contributed by atoms with Crippen LogP contribution in [0, 0.1) is 6.92 Å². The second-order valence-corrected chi connectivity index (χ2v) is 6.05. The van der Waals surface area contributed by atoms with E-state index < -0.39 is 0 Å². The molecule has 1 aromatic heterocycles. The zero-order valence-corrected chi connectivity index (χ0v) is 15.8. The van der Waals surface area contributed by atoms with Gasteiger partial charge in [-0.2, -0.15) is 5.10 Å². The van der Waals surface area contributed by atoms with E-state index in [-0.39, 0.29) is 12.0 Å². The van der Waals surface area contributed by atoms with Crippen LogP contribution in [-0.2, 0) is 11.3 Å². The molecule has 0 fully saturated rings. The zero-order chi connectivity index (χ0) is 18.4. The summed E-state index contributed by atoms with van der Waals surface area (Å²) in [6, 6.07) is 7.05. The minimum Gasteiger partial charge on any atom is -0.462 e. The van der Waals surface area contributed by atoms with Crippen LogP contribution in [0.2, 0.25) is 0 Å². The van der Waals surface area contributed by atoms with Crippen LogP contribution in [0.5, 0.6) is 0 Å². The highest BCUT2D eigenvalue weighted by molar-refractivity contribution is 7.80. The summed E-state index contributed by atoms with van der Waals surface area (Å²) in [4.78, 5) is 11.7. The molecule has 1 aromatic carbocycles. The molecule has 0 bridgehead atoms. The maximum atomic E-state index is 11.7. The van der Waals surface area contributed by atoms with Crippen molar-refractivity contribution in [3.63, 3.8) is 0 Å². The highest BCUT2D eigenvalue weighted by atomic mass is 32.1. The van der Waals surface area contributed by atoms with E-state index >= 15 is 0 Å². The number of carbonyl (C=O) groups excluding carboxylic acids is 1. The molecule has 0 spiro atoms. The molecule has 0 saturated heterocycles. The summed E-state index contributed by atoms with van der Waals surface area (Å²) in [5, 5.41) is 11.3. The predicted octanol–water partition coefficient (Wildman–Crippen LogP) is 3.44. The first kappa shape index (κ1) is 18.9. The Hall–Kier alpha value is -2.41. The van der Waals surface area contributed by atoms with Gasteiger partial charge in [0.15, 0.2) is 5.11 Å². The molecule has 0 saturated carbocycles. The lowest BCUT2D eigenvalue weighted by atomic mass is 10.1. The van der Waals surface area contributed by atoms with Gasteiger partial charge in [0.05, 0.1) is 23.9 Å². The van der Waals surface area contributed by atoms with E-state index in [2.05, 4.69) is 22.7 Å². The maximum Gasteiger partial charge on any atom is 0.338 e. The fraction of sp³-hybridized carbons (Fsp3) is 0.389. The lowest BCUT2D eigenvalue weighted by molar-refractivity contribution is 0.0526. The van der Waals surface area contributed by atoms with E-state index in [4.69, 9.17) is 17.0 Å². The first-order valence-corrected chi connectivity index (χ1v) is 8.74. The van der Waals surface area contributed by atoms with Crippen molar-refractivity contribution in [2.24, 2.45) is 0 Å². The van der Waals surface area contributed by atoms with Crippen molar-refractivity contribution in [2.75, 3.05) is 11.9 Å². The molecule has 0 aliphatic heterocycles. The third-order valence-electron chi connectivity index (χ3n) is 3.78. The standard InChI is InChI=1S/C18H24N4O2S/c1-5-22-11-16(13(4)21-22)12(3)19-18(25)20-15-9-7-14(8-10-15)17(23)24-6-2/h7-12H,5-6H2,1-4H3,(H2,19,20,25). The number of anilines is 1. The van der Waals surface area contributed by atoms with Crippen LogP contribution in [0.1, 0.15) is 48.4 Å². The maximum absolute atomic E-state index is 11.7. The number of nitrogens with one attached hydrogen (secondary N) is 2. The summed E-state index contributed by atoms with van der Waals surface area (Å²) in [5.74, 6) is -0.327. The highest BCUT2D eigenvalue weighted by Crippen LogP contribution is 2.17. The minimum atomic E-state index is -0.327. The van der Waals surface area contributed by atoms with E-state index in [1.165, 1.54) is 0 Å². The molecular weight excluding hydrogens is 336 g/mol. The van der Waals surface area contributed by atoms with Gasteiger partial charge < -0.3 is 15.4 Å². The second-order valence-electron chi connectivity index (χ2n) is 5.64. The average Bonchev–Trinajstić information content (AvgIpc) is 2.96. The van der Waals surface area contributed by atoms with Crippen molar-refractivity contribution in [1.29, 1.82) is 0 Å². The summed E-state index contributed by atoms with van der Waals surface area (Å²) in [6.07, 6.45) is 2.03. The third-order valence-corrected chi connectivity index (χ3v) is 4.00. The number of esters is 1.